The lowest BCUT2D eigenvalue weighted by Gasteiger charge is -2.32. The van der Waals surface area contributed by atoms with Crippen molar-refractivity contribution in [3.63, 3.8) is 0 Å². The van der Waals surface area contributed by atoms with Crippen molar-refractivity contribution in [2.24, 2.45) is 0 Å². The van der Waals surface area contributed by atoms with Gasteiger partial charge < -0.3 is 10.2 Å². The van der Waals surface area contributed by atoms with Gasteiger partial charge in [-0.05, 0) is 61.7 Å². The summed E-state index contributed by atoms with van der Waals surface area (Å²) >= 11 is 5.98. The number of nitrogens with one attached hydrogen (secondary N) is 1. The highest BCUT2D eigenvalue weighted by Gasteiger charge is 2.33. The number of carbonyl (C=O) groups is 2. The zero-order chi connectivity index (χ0) is 27.0. The minimum absolute atomic E-state index is 0.0105. The molecular weight excluding hydrogens is 510 g/mol. The Balaban J connectivity index is 2.02. The highest BCUT2D eigenvalue weighted by atomic mass is 35.5. The summed E-state index contributed by atoms with van der Waals surface area (Å²) in [6.07, 6.45) is 0.755. The third-order valence-corrected chi connectivity index (χ3v) is 8.00. The summed E-state index contributed by atoms with van der Waals surface area (Å²) in [7, 11) is -4.13. The summed E-state index contributed by atoms with van der Waals surface area (Å²) in [5.41, 5.74) is 1.90. The molecule has 0 saturated carbocycles. The number of sulfonamides is 1. The Morgan fingerprint density at radius 3 is 2.19 bits per heavy atom. The van der Waals surface area contributed by atoms with Gasteiger partial charge in [0.05, 0.1) is 10.6 Å². The van der Waals surface area contributed by atoms with Gasteiger partial charge in [-0.1, -0.05) is 67.1 Å². The predicted molar refractivity (Wildman–Crippen MR) is 147 cm³/mol. The van der Waals surface area contributed by atoms with Crippen molar-refractivity contribution in [1.82, 2.24) is 10.2 Å². The first kappa shape index (κ1) is 28.2. The van der Waals surface area contributed by atoms with Crippen LogP contribution in [0, 0.1) is 6.92 Å². The van der Waals surface area contributed by atoms with Crippen molar-refractivity contribution in [3.8, 4) is 0 Å². The molecule has 2 amide bonds. The van der Waals surface area contributed by atoms with Crippen molar-refractivity contribution in [2.45, 2.75) is 44.7 Å². The van der Waals surface area contributed by atoms with Gasteiger partial charge in [0.2, 0.25) is 11.8 Å². The Hall–Kier alpha value is -3.36. The van der Waals surface area contributed by atoms with E-state index in [1.165, 1.54) is 29.2 Å². The molecule has 0 unspecified atom stereocenters. The van der Waals surface area contributed by atoms with Crippen LogP contribution in [-0.4, -0.2) is 44.3 Å². The third-order valence-electron chi connectivity index (χ3n) is 5.98. The van der Waals surface area contributed by atoms with Gasteiger partial charge >= 0.3 is 0 Å². The topological polar surface area (TPSA) is 86.8 Å². The Bertz CT molecular complexity index is 1310. The van der Waals surface area contributed by atoms with Gasteiger partial charge in [-0.25, -0.2) is 8.42 Å². The van der Waals surface area contributed by atoms with Crippen LogP contribution in [0.4, 0.5) is 5.69 Å². The number of hydrogen-bond acceptors (Lipinski definition) is 4. The first-order chi connectivity index (χ1) is 17.6. The fourth-order valence-electron chi connectivity index (χ4n) is 3.85. The molecule has 0 heterocycles. The number of para-hydroxylation sites is 1. The standard InChI is InChI=1S/C28H32ClN3O4S/c1-4-18-30-28(34)22(3)31(19-23-11-6-5-7-12-23)27(33)20-32(26-13-9-8-10-21(26)2)37(35,36)25-16-14-24(29)15-17-25/h5-17,22H,4,18-20H2,1-3H3,(H,30,34)/t22-/m0/s1. The molecule has 37 heavy (non-hydrogen) atoms. The molecule has 1 N–H and O–H groups in total. The van der Waals surface area contributed by atoms with E-state index in [1.807, 2.05) is 37.3 Å². The molecular formula is C28H32ClN3O4S. The Morgan fingerprint density at radius 1 is 0.946 bits per heavy atom. The van der Waals surface area contributed by atoms with Crippen molar-refractivity contribution in [3.05, 3.63) is 95.0 Å². The average Bonchev–Trinajstić information content (AvgIpc) is 2.89. The van der Waals surface area contributed by atoms with E-state index >= 15 is 0 Å². The summed E-state index contributed by atoms with van der Waals surface area (Å²) in [6.45, 7) is 5.54. The molecule has 196 valence electrons. The van der Waals surface area contributed by atoms with Gasteiger partial charge in [0.25, 0.3) is 10.0 Å². The zero-order valence-corrected chi connectivity index (χ0v) is 22.8. The summed E-state index contributed by atoms with van der Waals surface area (Å²) in [5.74, 6) is -0.794. The van der Waals surface area contributed by atoms with Crippen LogP contribution < -0.4 is 9.62 Å². The van der Waals surface area contributed by atoms with Crippen LogP contribution in [-0.2, 0) is 26.2 Å². The molecule has 9 heteroatoms. The summed E-state index contributed by atoms with van der Waals surface area (Å²) in [5, 5.41) is 3.23. The predicted octanol–water partition coefficient (Wildman–Crippen LogP) is 4.79. The second kappa shape index (κ2) is 12.7. The quantitative estimate of drug-likeness (QED) is 0.378. The molecule has 3 aromatic rings. The molecule has 0 saturated heterocycles. The van der Waals surface area contributed by atoms with E-state index in [0.29, 0.717) is 22.8 Å². The number of nitrogens with zero attached hydrogens (tertiary/aromatic N) is 2. The third kappa shape index (κ3) is 7.11. The van der Waals surface area contributed by atoms with Gasteiger partial charge in [0.15, 0.2) is 0 Å². The van der Waals surface area contributed by atoms with Gasteiger partial charge in [-0.3, -0.25) is 13.9 Å². The minimum atomic E-state index is -4.13. The largest absolute Gasteiger partial charge is 0.354 e. The number of benzene rings is 3. The smallest absolute Gasteiger partial charge is 0.264 e. The second-order valence-corrected chi connectivity index (χ2v) is 11.0. The molecule has 0 aliphatic rings. The van der Waals surface area contributed by atoms with Crippen LogP contribution in [0.25, 0.3) is 0 Å². The highest BCUT2D eigenvalue weighted by molar-refractivity contribution is 7.92. The van der Waals surface area contributed by atoms with E-state index in [0.717, 1.165) is 16.3 Å². The molecule has 0 aliphatic carbocycles. The molecule has 0 aliphatic heterocycles. The van der Waals surface area contributed by atoms with Crippen molar-refractivity contribution in [1.29, 1.82) is 0 Å². The van der Waals surface area contributed by atoms with Crippen LogP contribution in [0.1, 0.15) is 31.4 Å². The minimum Gasteiger partial charge on any atom is -0.354 e. The number of amides is 2. The molecule has 0 aromatic heterocycles. The number of hydrogen-bond donors (Lipinski definition) is 1. The van der Waals surface area contributed by atoms with E-state index < -0.39 is 28.5 Å². The number of carbonyl (C=O) groups excluding carboxylic acids is 2. The second-order valence-electron chi connectivity index (χ2n) is 8.73. The van der Waals surface area contributed by atoms with E-state index in [-0.39, 0.29) is 17.3 Å². The molecule has 0 bridgehead atoms. The van der Waals surface area contributed by atoms with Crippen LogP contribution in [0.15, 0.2) is 83.8 Å². The molecule has 1 atom stereocenters. The number of rotatable bonds is 11. The fourth-order valence-corrected chi connectivity index (χ4v) is 5.45. The van der Waals surface area contributed by atoms with Crippen molar-refractivity contribution in [2.75, 3.05) is 17.4 Å². The first-order valence-corrected chi connectivity index (χ1v) is 13.9. The van der Waals surface area contributed by atoms with Crippen LogP contribution in [0.5, 0.6) is 0 Å². The molecule has 3 aromatic carbocycles. The van der Waals surface area contributed by atoms with Crippen LogP contribution >= 0.6 is 11.6 Å². The summed E-state index contributed by atoms with van der Waals surface area (Å²) in [4.78, 5) is 28.1. The van der Waals surface area contributed by atoms with Crippen molar-refractivity contribution < 1.29 is 18.0 Å². The molecule has 0 spiro atoms. The normalized spacial score (nSPS) is 12.0. The summed E-state index contributed by atoms with van der Waals surface area (Å²) < 4.78 is 28.7. The van der Waals surface area contributed by atoms with Crippen LogP contribution in [0.3, 0.4) is 0 Å². The first-order valence-electron chi connectivity index (χ1n) is 12.1. The Labute approximate surface area is 224 Å². The number of anilines is 1. The Kier molecular flexibility index (Phi) is 9.72. The maximum Gasteiger partial charge on any atom is 0.264 e. The molecule has 7 nitrogen and oxygen atoms in total. The maximum absolute atomic E-state index is 13.8. The fraction of sp³-hybridized carbons (Fsp3) is 0.286. The average molecular weight is 542 g/mol. The lowest BCUT2D eigenvalue weighted by molar-refractivity contribution is -0.139. The van der Waals surface area contributed by atoms with E-state index in [1.54, 1.807) is 38.1 Å². The zero-order valence-electron chi connectivity index (χ0n) is 21.2. The Morgan fingerprint density at radius 2 is 1.57 bits per heavy atom. The van der Waals surface area contributed by atoms with E-state index in [2.05, 4.69) is 5.32 Å². The van der Waals surface area contributed by atoms with Gasteiger partial charge in [-0.15, -0.1) is 0 Å². The maximum atomic E-state index is 13.8. The SMILES string of the molecule is CCCNC(=O)[C@H](C)N(Cc1ccccc1)C(=O)CN(c1ccccc1C)S(=O)(=O)c1ccc(Cl)cc1. The highest BCUT2D eigenvalue weighted by Crippen LogP contribution is 2.28. The lowest BCUT2D eigenvalue weighted by Crippen LogP contribution is -2.51. The monoisotopic (exact) mass is 541 g/mol. The lowest BCUT2D eigenvalue weighted by atomic mass is 10.1. The number of aryl methyl sites for hydroxylation is 1. The van der Waals surface area contributed by atoms with E-state index in [9.17, 15) is 18.0 Å². The van der Waals surface area contributed by atoms with Gasteiger partial charge in [0.1, 0.15) is 12.6 Å². The van der Waals surface area contributed by atoms with Crippen molar-refractivity contribution >= 4 is 39.1 Å². The molecule has 0 fully saturated rings. The van der Waals surface area contributed by atoms with E-state index in [4.69, 9.17) is 11.6 Å². The molecule has 3 rings (SSSR count). The van der Waals surface area contributed by atoms with Gasteiger partial charge in [-0.2, -0.15) is 0 Å². The number of halogens is 1. The van der Waals surface area contributed by atoms with Gasteiger partial charge in [0, 0.05) is 18.1 Å². The summed E-state index contributed by atoms with van der Waals surface area (Å²) in [6, 6.07) is 21.3. The molecule has 0 radical (unpaired) electrons. The van der Waals surface area contributed by atoms with Crippen LogP contribution in [0.2, 0.25) is 5.02 Å².